The highest BCUT2D eigenvalue weighted by atomic mass is 32.3. The summed E-state index contributed by atoms with van der Waals surface area (Å²) < 4.78 is 38.3. The van der Waals surface area contributed by atoms with Crippen LogP contribution in [0.1, 0.15) is 38.1 Å². The zero-order chi connectivity index (χ0) is 18.4. The van der Waals surface area contributed by atoms with Gasteiger partial charge in [-0.1, -0.05) is 20.8 Å². The Morgan fingerprint density at radius 2 is 1.71 bits per heavy atom. The van der Waals surface area contributed by atoms with Gasteiger partial charge in [0.15, 0.2) is 23.0 Å². The second-order valence-electron chi connectivity index (χ2n) is 6.19. The summed E-state index contributed by atoms with van der Waals surface area (Å²) in [6, 6.07) is 0. The Kier molecular flexibility index (Phi) is 4.13. The van der Waals surface area contributed by atoms with Crippen LogP contribution in [0.2, 0.25) is 0 Å². The Labute approximate surface area is 139 Å². The molecule has 3 N–H and O–H groups in total. The number of hydrogen-bond donors (Lipinski definition) is 2. The molecule has 1 aliphatic rings. The van der Waals surface area contributed by atoms with Crippen LogP contribution in [0.3, 0.4) is 0 Å². The first-order chi connectivity index (χ1) is 10.9. The summed E-state index contributed by atoms with van der Waals surface area (Å²) in [5.74, 6) is -1.82. The van der Waals surface area contributed by atoms with E-state index in [4.69, 9.17) is 18.8 Å². The Bertz CT molecular complexity index is 838. The average Bonchev–Trinajstić information content (AvgIpc) is 2.41. The van der Waals surface area contributed by atoms with Crippen molar-refractivity contribution in [1.29, 1.82) is 0 Å². The number of Topliss-reactive ketones (excluding diaryl/α,β-unsaturated/α-hetero) is 1. The third-order valence-electron chi connectivity index (χ3n) is 3.18. The monoisotopic (exact) mass is 358 g/mol. The van der Waals surface area contributed by atoms with Crippen molar-refractivity contribution in [2.24, 2.45) is 5.41 Å². The van der Waals surface area contributed by atoms with Gasteiger partial charge >= 0.3 is 10.4 Å². The number of benzene rings is 1. The topological polar surface area (TPSA) is 134 Å². The van der Waals surface area contributed by atoms with Gasteiger partial charge in [-0.3, -0.25) is 9.59 Å². The largest absolute Gasteiger partial charge is 0.501 e. The molecule has 0 radical (unpaired) electrons. The van der Waals surface area contributed by atoms with E-state index >= 15 is 0 Å². The molecule has 0 saturated heterocycles. The highest BCUT2D eigenvalue weighted by molar-refractivity contribution is 7.82. The van der Waals surface area contributed by atoms with Gasteiger partial charge in [0.1, 0.15) is 16.9 Å². The van der Waals surface area contributed by atoms with Gasteiger partial charge in [-0.2, -0.15) is 0 Å². The van der Waals surface area contributed by atoms with Crippen LogP contribution in [0.5, 0.6) is 17.2 Å². The molecule has 0 aromatic heterocycles. The number of anilines is 2. The van der Waals surface area contributed by atoms with E-state index in [0.29, 0.717) is 0 Å². The minimum atomic E-state index is -4.48. The molecule has 2 bridgehead atoms. The van der Waals surface area contributed by atoms with Crippen molar-refractivity contribution < 1.29 is 31.1 Å². The van der Waals surface area contributed by atoms with Crippen LogP contribution in [0.15, 0.2) is 0 Å². The lowest BCUT2D eigenvalue weighted by molar-refractivity contribution is -0.114. The molecule has 0 saturated carbocycles. The van der Waals surface area contributed by atoms with E-state index in [1.807, 2.05) is 0 Å². The summed E-state index contributed by atoms with van der Waals surface area (Å²) in [5, 5.41) is 2.39. The van der Waals surface area contributed by atoms with Crippen LogP contribution in [0, 0.1) is 5.41 Å². The zero-order valence-electron chi connectivity index (χ0n) is 13.8. The summed E-state index contributed by atoms with van der Waals surface area (Å²) in [4.78, 5) is 24.3. The highest BCUT2D eigenvalue weighted by Crippen LogP contribution is 2.53. The van der Waals surface area contributed by atoms with Crippen molar-refractivity contribution in [2.75, 3.05) is 18.2 Å². The first kappa shape index (κ1) is 17.9. The molecule has 9 nitrogen and oxygen atoms in total. The molecule has 1 aromatic carbocycles. The van der Waals surface area contributed by atoms with Crippen molar-refractivity contribution in [3.05, 3.63) is 5.56 Å². The maximum absolute atomic E-state index is 12.8. The number of carbonyl (C=O) groups excluding carboxylic acids is 2. The first-order valence-corrected chi connectivity index (χ1v) is 8.22. The van der Waals surface area contributed by atoms with Crippen molar-refractivity contribution in [2.45, 2.75) is 27.7 Å². The van der Waals surface area contributed by atoms with Gasteiger partial charge in [0, 0.05) is 12.3 Å². The van der Waals surface area contributed by atoms with Gasteiger partial charge in [0.25, 0.3) is 0 Å². The van der Waals surface area contributed by atoms with Gasteiger partial charge < -0.3 is 24.2 Å². The van der Waals surface area contributed by atoms with E-state index < -0.39 is 27.5 Å². The van der Waals surface area contributed by atoms with Gasteiger partial charge in [-0.05, 0) is 0 Å². The smallest absolute Gasteiger partial charge is 0.494 e. The number of hydrogen-bond acceptors (Lipinski definition) is 8. The van der Waals surface area contributed by atoms with Gasteiger partial charge in [0.2, 0.25) is 5.91 Å². The fraction of sp³-hybridized carbons (Fsp3) is 0.429. The summed E-state index contributed by atoms with van der Waals surface area (Å²) >= 11 is 0. The summed E-state index contributed by atoms with van der Waals surface area (Å²) in [6.07, 6.45) is 0. The molecule has 0 aliphatic carbocycles. The summed E-state index contributed by atoms with van der Waals surface area (Å²) in [6.45, 7) is 6.11. The molecule has 1 aromatic rings. The number of amides is 1. The SMILES string of the molecule is COc1c(NC(C)=O)c2c(N)c(c1C(=O)C(C)(C)C)OS(=O)(=O)O2. The minimum Gasteiger partial charge on any atom is -0.494 e. The number of methoxy groups -OCH3 is 1. The second-order valence-corrected chi connectivity index (χ2v) is 7.34. The quantitative estimate of drug-likeness (QED) is 0.613. The van der Waals surface area contributed by atoms with E-state index in [0.717, 1.165) is 0 Å². The maximum atomic E-state index is 12.8. The summed E-state index contributed by atoms with van der Waals surface area (Å²) in [7, 11) is -3.21. The zero-order valence-corrected chi connectivity index (χ0v) is 14.7. The second kappa shape index (κ2) is 5.55. The molecule has 1 heterocycles. The number of carbonyl (C=O) groups is 2. The standard InChI is InChI=1S/C14H18N2O7S/c1-6(17)16-9-11(21-5)7(13(18)14(2,3)4)10-8(15)12(9)23-24(19,20)22-10/h15H2,1-5H3,(H,16,17). The fourth-order valence-corrected chi connectivity index (χ4v) is 2.96. The third kappa shape index (κ3) is 2.96. The number of rotatable bonds is 3. The van der Waals surface area contributed by atoms with E-state index in [2.05, 4.69) is 5.32 Å². The van der Waals surface area contributed by atoms with Crippen LogP contribution < -0.4 is 24.2 Å². The Morgan fingerprint density at radius 1 is 1.17 bits per heavy atom. The van der Waals surface area contributed by atoms with Crippen molar-refractivity contribution in [3.63, 3.8) is 0 Å². The minimum absolute atomic E-state index is 0.0841. The highest BCUT2D eigenvalue weighted by Gasteiger charge is 2.41. The van der Waals surface area contributed by atoms with E-state index in [-0.39, 0.29) is 34.2 Å². The van der Waals surface area contributed by atoms with Gasteiger partial charge in [-0.25, -0.2) is 0 Å². The molecule has 2 rings (SSSR count). The van der Waals surface area contributed by atoms with Crippen LogP contribution >= 0.6 is 0 Å². The molecule has 1 aliphatic heterocycles. The molecule has 10 heteroatoms. The molecule has 0 fully saturated rings. The molecule has 0 spiro atoms. The van der Waals surface area contributed by atoms with Crippen molar-refractivity contribution in [1.82, 2.24) is 0 Å². The fourth-order valence-electron chi connectivity index (χ4n) is 2.17. The number of fused-ring (bicyclic) bond motifs is 2. The molecule has 0 atom stereocenters. The summed E-state index contributed by atoms with van der Waals surface area (Å²) in [5.41, 5.74) is 4.44. The van der Waals surface area contributed by atoms with Crippen LogP contribution in [-0.4, -0.2) is 27.2 Å². The predicted octanol–water partition coefficient (Wildman–Crippen LogP) is 1.48. The third-order valence-corrected chi connectivity index (χ3v) is 3.92. The predicted molar refractivity (Wildman–Crippen MR) is 85.7 cm³/mol. The Hall–Kier alpha value is -2.49. The average molecular weight is 358 g/mol. The maximum Gasteiger partial charge on any atom is 0.501 e. The lowest BCUT2D eigenvalue weighted by Gasteiger charge is -2.28. The lowest BCUT2D eigenvalue weighted by atomic mass is 9.85. The normalized spacial score (nSPS) is 15.0. The lowest BCUT2D eigenvalue weighted by Crippen LogP contribution is -2.29. The van der Waals surface area contributed by atoms with Crippen LogP contribution in [0.25, 0.3) is 0 Å². The molecule has 24 heavy (non-hydrogen) atoms. The number of nitrogens with two attached hydrogens (primary N) is 1. The van der Waals surface area contributed by atoms with Gasteiger partial charge in [0.05, 0.1) is 7.11 Å². The number of nitrogens with one attached hydrogen (secondary N) is 1. The van der Waals surface area contributed by atoms with Crippen LogP contribution in [0.4, 0.5) is 11.4 Å². The molecule has 1 amide bonds. The van der Waals surface area contributed by atoms with Crippen molar-refractivity contribution in [3.8, 4) is 17.2 Å². The molecular formula is C14H18N2O7S. The molecular weight excluding hydrogens is 340 g/mol. The number of ether oxygens (including phenoxy) is 1. The Balaban J connectivity index is 2.92. The molecule has 0 unspecified atom stereocenters. The van der Waals surface area contributed by atoms with E-state index in [1.165, 1.54) is 14.0 Å². The van der Waals surface area contributed by atoms with Gasteiger partial charge in [-0.15, -0.1) is 8.42 Å². The number of nitrogen functional groups attached to an aromatic ring is 1. The van der Waals surface area contributed by atoms with Crippen LogP contribution in [-0.2, 0) is 15.2 Å². The van der Waals surface area contributed by atoms with E-state index in [9.17, 15) is 18.0 Å². The number of ketones is 1. The van der Waals surface area contributed by atoms with E-state index in [1.54, 1.807) is 20.8 Å². The first-order valence-electron chi connectivity index (χ1n) is 6.88. The van der Waals surface area contributed by atoms with Crippen molar-refractivity contribution >= 4 is 33.5 Å². The molecule has 132 valence electrons. The Morgan fingerprint density at radius 3 is 2.17 bits per heavy atom.